The molecule has 1 heterocycles. The number of rotatable bonds is 1. The van der Waals surface area contributed by atoms with Gasteiger partial charge in [-0.15, -0.1) is 0 Å². The monoisotopic (exact) mass is 172 g/mol. The lowest BCUT2D eigenvalue weighted by atomic mass is 10.0. The zero-order valence-corrected chi connectivity index (χ0v) is 8.12. The van der Waals surface area contributed by atoms with Crippen LogP contribution in [0.3, 0.4) is 0 Å². The molecule has 1 aromatic carbocycles. The van der Waals surface area contributed by atoms with E-state index >= 15 is 0 Å². The van der Waals surface area contributed by atoms with Crippen LogP contribution in [0.5, 0.6) is 0 Å². The van der Waals surface area contributed by atoms with Crippen LogP contribution in [-0.2, 0) is 0 Å². The highest BCUT2D eigenvalue weighted by molar-refractivity contribution is 5.66. The first-order valence-corrected chi connectivity index (χ1v) is 4.60. The quantitative estimate of drug-likeness (QED) is 0.572. The minimum atomic E-state index is 0.583. The van der Waals surface area contributed by atoms with Gasteiger partial charge in [-0.1, -0.05) is 19.9 Å². The van der Waals surface area contributed by atoms with Crippen molar-refractivity contribution in [1.82, 2.24) is 0 Å². The standard InChI is InChI=1S/C12H14N/c1-9(2)11-5-4-10-6-7-13(3)12(10)8-11/h4-9H,3H2,1-2H3/q+1. The Morgan fingerprint density at radius 2 is 2.08 bits per heavy atom. The molecule has 0 fully saturated rings. The summed E-state index contributed by atoms with van der Waals surface area (Å²) >= 11 is 0. The Labute approximate surface area is 79.0 Å². The highest BCUT2D eigenvalue weighted by Crippen LogP contribution is 2.29. The van der Waals surface area contributed by atoms with Gasteiger partial charge in [-0.2, -0.15) is 4.58 Å². The maximum atomic E-state index is 3.93. The summed E-state index contributed by atoms with van der Waals surface area (Å²) in [7, 11) is 0. The summed E-state index contributed by atoms with van der Waals surface area (Å²) in [5.74, 6) is 0.583. The molecule has 1 aliphatic rings. The predicted octanol–water partition coefficient (Wildman–Crippen LogP) is 3.14. The molecular formula is C12H14N+. The molecule has 0 saturated carbocycles. The molecule has 0 spiro atoms. The fourth-order valence-electron chi connectivity index (χ4n) is 1.56. The topological polar surface area (TPSA) is 3.01 Å². The van der Waals surface area contributed by atoms with E-state index in [1.165, 1.54) is 16.8 Å². The molecule has 1 nitrogen and oxygen atoms in total. The van der Waals surface area contributed by atoms with Crippen LogP contribution in [0, 0.1) is 0 Å². The average molecular weight is 172 g/mol. The van der Waals surface area contributed by atoms with E-state index in [-0.39, 0.29) is 0 Å². The molecule has 0 saturated heterocycles. The number of fused-ring (bicyclic) bond motifs is 1. The van der Waals surface area contributed by atoms with Crippen LogP contribution >= 0.6 is 0 Å². The van der Waals surface area contributed by atoms with Gasteiger partial charge in [0.2, 0.25) is 5.69 Å². The van der Waals surface area contributed by atoms with E-state index in [0.29, 0.717) is 5.92 Å². The normalized spacial score (nSPS) is 13.9. The molecule has 0 atom stereocenters. The minimum absolute atomic E-state index is 0.583. The summed E-state index contributed by atoms with van der Waals surface area (Å²) in [6, 6.07) is 6.56. The van der Waals surface area contributed by atoms with Crippen LogP contribution in [0.1, 0.15) is 30.9 Å². The Hall–Kier alpha value is -1.37. The summed E-state index contributed by atoms with van der Waals surface area (Å²) < 4.78 is 1.92. The van der Waals surface area contributed by atoms with Crippen molar-refractivity contribution in [2.24, 2.45) is 0 Å². The highest BCUT2D eigenvalue weighted by Gasteiger charge is 2.16. The molecule has 1 aliphatic heterocycles. The molecule has 0 N–H and O–H groups in total. The molecular weight excluding hydrogens is 158 g/mol. The first kappa shape index (κ1) is 8.24. The number of hydrogen-bond acceptors (Lipinski definition) is 0. The van der Waals surface area contributed by atoms with E-state index in [1.54, 1.807) is 0 Å². The second kappa shape index (κ2) is 2.84. The summed E-state index contributed by atoms with van der Waals surface area (Å²) in [5, 5.41) is 0. The third-order valence-electron chi connectivity index (χ3n) is 2.46. The lowest BCUT2D eigenvalue weighted by molar-refractivity contribution is -0.344. The van der Waals surface area contributed by atoms with Crippen LogP contribution in [0.2, 0.25) is 0 Å². The van der Waals surface area contributed by atoms with Crippen molar-refractivity contribution in [1.29, 1.82) is 0 Å². The second-order valence-corrected chi connectivity index (χ2v) is 3.76. The molecule has 0 unspecified atom stereocenters. The molecule has 0 aliphatic carbocycles. The predicted molar refractivity (Wildman–Crippen MR) is 56.6 cm³/mol. The fourth-order valence-corrected chi connectivity index (χ4v) is 1.56. The van der Waals surface area contributed by atoms with Crippen molar-refractivity contribution < 1.29 is 4.58 Å². The Balaban J connectivity index is 2.51. The van der Waals surface area contributed by atoms with Crippen LogP contribution in [0.15, 0.2) is 24.4 Å². The zero-order chi connectivity index (χ0) is 9.42. The average Bonchev–Trinajstić information content (AvgIpc) is 2.47. The second-order valence-electron chi connectivity index (χ2n) is 3.76. The molecule has 1 heteroatoms. The van der Waals surface area contributed by atoms with Crippen molar-refractivity contribution in [3.05, 3.63) is 35.5 Å². The van der Waals surface area contributed by atoms with Gasteiger partial charge in [-0.05, 0) is 17.5 Å². The van der Waals surface area contributed by atoms with Gasteiger partial charge in [-0.3, -0.25) is 0 Å². The molecule has 13 heavy (non-hydrogen) atoms. The van der Waals surface area contributed by atoms with Crippen molar-refractivity contribution in [3.63, 3.8) is 0 Å². The van der Waals surface area contributed by atoms with Crippen molar-refractivity contribution >= 4 is 18.5 Å². The largest absolute Gasteiger partial charge is 0.217 e. The molecule has 1 aromatic rings. The van der Waals surface area contributed by atoms with E-state index < -0.39 is 0 Å². The maximum absolute atomic E-state index is 3.93. The van der Waals surface area contributed by atoms with E-state index in [4.69, 9.17) is 0 Å². The fraction of sp³-hybridized carbons (Fsp3) is 0.250. The lowest BCUT2D eigenvalue weighted by Crippen LogP contribution is -1.92. The lowest BCUT2D eigenvalue weighted by Gasteiger charge is -2.04. The van der Waals surface area contributed by atoms with Crippen LogP contribution in [-0.4, -0.2) is 11.3 Å². The summed E-state index contributed by atoms with van der Waals surface area (Å²) in [6.45, 7) is 8.34. The molecule has 2 rings (SSSR count). The molecule has 66 valence electrons. The maximum Gasteiger partial charge on any atom is 0.217 e. The highest BCUT2D eigenvalue weighted by atomic mass is 15.0. The number of hydrogen-bond donors (Lipinski definition) is 0. The van der Waals surface area contributed by atoms with E-state index in [9.17, 15) is 0 Å². The van der Waals surface area contributed by atoms with Crippen LogP contribution < -0.4 is 0 Å². The summed E-state index contributed by atoms with van der Waals surface area (Å²) in [6.07, 6.45) is 4.08. The van der Waals surface area contributed by atoms with Gasteiger partial charge in [0.1, 0.15) is 6.72 Å². The van der Waals surface area contributed by atoms with Gasteiger partial charge >= 0.3 is 0 Å². The van der Waals surface area contributed by atoms with Crippen molar-refractivity contribution in [2.75, 3.05) is 0 Å². The minimum Gasteiger partial charge on any atom is -0.173 e. The Morgan fingerprint density at radius 3 is 2.77 bits per heavy atom. The zero-order valence-electron chi connectivity index (χ0n) is 8.12. The summed E-state index contributed by atoms with van der Waals surface area (Å²) in [5.41, 5.74) is 3.85. The van der Waals surface area contributed by atoms with Crippen LogP contribution in [0.4, 0.5) is 5.69 Å². The van der Waals surface area contributed by atoms with Crippen molar-refractivity contribution in [3.8, 4) is 0 Å². The SMILES string of the molecule is C=[N+]1C=Cc2ccc(C(C)C)cc21. The first-order valence-electron chi connectivity index (χ1n) is 4.60. The van der Waals surface area contributed by atoms with E-state index in [1.807, 2.05) is 10.8 Å². The Kier molecular flexibility index (Phi) is 1.80. The third kappa shape index (κ3) is 1.31. The molecule has 0 aromatic heterocycles. The van der Waals surface area contributed by atoms with Crippen molar-refractivity contribution in [2.45, 2.75) is 19.8 Å². The number of nitrogens with zero attached hydrogens (tertiary/aromatic N) is 1. The smallest absolute Gasteiger partial charge is 0.173 e. The molecule has 0 radical (unpaired) electrons. The Morgan fingerprint density at radius 1 is 1.31 bits per heavy atom. The first-order chi connectivity index (χ1) is 6.18. The molecule has 0 bridgehead atoms. The van der Waals surface area contributed by atoms with Gasteiger partial charge in [-0.25, -0.2) is 0 Å². The number of benzene rings is 1. The van der Waals surface area contributed by atoms with Gasteiger partial charge in [0, 0.05) is 12.1 Å². The third-order valence-corrected chi connectivity index (χ3v) is 2.46. The van der Waals surface area contributed by atoms with Gasteiger partial charge in [0.15, 0.2) is 6.20 Å². The van der Waals surface area contributed by atoms with Gasteiger partial charge < -0.3 is 0 Å². The van der Waals surface area contributed by atoms with Crippen LogP contribution in [0.25, 0.3) is 6.08 Å². The van der Waals surface area contributed by atoms with Gasteiger partial charge in [0.05, 0.1) is 5.56 Å². The Bertz CT molecular complexity index is 386. The van der Waals surface area contributed by atoms with E-state index in [0.717, 1.165) is 0 Å². The van der Waals surface area contributed by atoms with Gasteiger partial charge in [0.25, 0.3) is 0 Å². The van der Waals surface area contributed by atoms with E-state index in [2.05, 4.69) is 44.8 Å². The molecule has 0 amide bonds. The summed E-state index contributed by atoms with van der Waals surface area (Å²) in [4.78, 5) is 0.